The average molecular weight is 441 g/mol. The summed E-state index contributed by atoms with van der Waals surface area (Å²) in [5.74, 6) is -3.99. The van der Waals surface area contributed by atoms with E-state index in [0.29, 0.717) is 30.6 Å². The van der Waals surface area contributed by atoms with Crippen molar-refractivity contribution in [2.24, 2.45) is 7.05 Å². The van der Waals surface area contributed by atoms with Gasteiger partial charge in [-0.2, -0.15) is 18.3 Å². The average Bonchev–Trinajstić information content (AvgIpc) is 3.07. The largest absolute Gasteiger partial charge is 0.504 e. The van der Waals surface area contributed by atoms with Crippen molar-refractivity contribution in [1.82, 2.24) is 20.0 Å². The molecule has 3 heterocycles. The van der Waals surface area contributed by atoms with E-state index >= 15 is 0 Å². The van der Waals surface area contributed by atoms with E-state index in [-0.39, 0.29) is 17.3 Å². The number of fused-ring (bicyclic) bond motifs is 1. The Morgan fingerprint density at radius 1 is 1.13 bits per heavy atom. The Balaban J connectivity index is 1.82. The van der Waals surface area contributed by atoms with E-state index < -0.39 is 34.6 Å². The van der Waals surface area contributed by atoms with Crippen molar-refractivity contribution in [1.29, 1.82) is 0 Å². The maximum atomic E-state index is 13.9. The minimum Gasteiger partial charge on any atom is -0.504 e. The number of ether oxygens (including phenoxy) is 1. The molecule has 2 aromatic heterocycles. The normalized spacial score (nSPS) is 15.5. The lowest BCUT2D eigenvalue weighted by Crippen LogP contribution is -2.37. The van der Waals surface area contributed by atoms with Crippen LogP contribution < -0.4 is 4.90 Å². The number of hydrogen-bond donors (Lipinski definition) is 2. The Kier molecular flexibility index (Phi) is 5.12. The van der Waals surface area contributed by atoms with Crippen molar-refractivity contribution in [3.8, 4) is 22.8 Å². The van der Waals surface area contributed by atoms with Crippen molar-refractivity contribution in [2.75, 3.05) is 25.2 Å². The number of phenolic OH excluding ortho intramolecular Hbond substituents is 2. The van der Waals surface area contributed by atoms with Gasteiger partial charge in [0, 0.05) is 39.4 Å². The summed E-state index contributed by atoms with van der Waals surface area (Å²) in [5.41, 5.74) is -1.85. The second-order valence-corrected chi connectivity index (χ2v) is 7.34. The molecule has 1 aliphatic heterocycles. The Bertz CT molecular complexity index is 1140. The van der Waals surface area contributed by atoms with Gasteiger partial charge in [-0.15, -0.1) is 10.2 Å². The van der Waals surface area contributed by atoms with Crippen LogP contribution in [-0.4, -0.2) is 56.5 Å². The van der Waals surface area contributed by atoms with Crippen molar-refractivity contribution in [3.63, 3.8) is 0 Å². The van der Waals surface area contributed by atoms with Gasteiger partial charge in [0.1, 0.15) is 11.2 Å². The number of anilines is 1. The third-order valence-electron chi connectivity index (χ3n) is 5.46. The lowest BCUT2D eigenvalue weighted by molar-refractivity contribution is -0.140. The van der Waals surface area contributed by atoms with Crippen LogP contribution in [0.2, 0.25) is 0 Å². The number of alkyl halides is 3. The molecule has 4 rings (SSSR count). The summed E-state index contributed by atoms with van der Waals surface area (Å²) in [4.78, 5) is 1.95. The van der Waals surface area contributed by atoms with Gasteiger partial charge in [0.2, 0.25) is 0 Å². The molecule has 0 spiro atoms. The summed E-state index contributed by atoms with van der Waals surface area (Å²) in [7, 11) is 3.42. The van der Waals surface area contributed by atoms with E-state index in [9.17, 15) is 27.8 Å². The Morgan fingerprint density at radius 3 is 2.45 bits per heavy atom. The lowest BCUT2D eigenvalue weighted by atomic mass is 10.0. The smallest absolute Gasteiger partial charge is 0.419 e. The summed E-state index contributed by atoms with van der Waals surface area (Å²) < 4.78 is 60.2. The number of aryl methyl sites for hydroxylation is 1. The van der Waals surface area contributed by atoms with Gasteiger partial charge in [0.15, 0.2) is 23.1 Å². The number of nitrogens with zero attached hydrogens (tertiary/aromatic N) is 5. The maximum Gasteiger partial charge on any atom is 0.419 e. The van der Waals surface area contributed by atoms with E-state index in [4.69, 9.17) is 4.74 Å². The first-order valence-corrected chi connectivity index (χ1v) is 9.42. The van der Waals surface area contributed by atoms with Crippen molar-refractivity contribution < 1.29 is 32.5 Å². The minimum atomic E-state index is -5.08. The molecular weight excluding hydrogens is 422 g/mol. The maximum absolute atomic E-state index is 13.9. The molecule has 1 aliphatic rings. The molecular formula is C19H19F4N5O3. The van der Waals surface area contributed by atoms with Crippen LogP contribution in [0, 0.1) is 5.82 Å². The Morgan fingerprint density at radius 2 is 1.81 bits per heavy atom. The van der Waals surface area contributed by atoms with Crippen LogP contribution in [0.4, 0.5) is 23.4 Å². The number of rotatable bonds is 3. The summed E-state index contributed by atoms with van der Waals surface area (Å²) in [5, 5.41) is 32.3. The topological polar surface area (TPSA) is 96.5 Å². The van der Waals surface area contributed by atoms with Crippen LogP contribution in [0.15, 0.2) is 12.1 Å². The van der Waals surface area contributed by atoms with Gasteiger partial charge in [-0.25, -0.2) is 4.39 Å². The van der Waals surface area contributed by atoms with Crippen molar-refractivity contribution in [2.45, 2.75) is 25.1 Å². The molecule has 1 aromatic carbocycles. The van der Waals surface area contributed by atoms with Crippen molar-refractivity contribution >= 4 is 16.9 Å². The highest BCUT2D eigenvalue weighted by molar-refractivity contribution is 5.93. The third kappa shape index (κ3) is 3.60. The molecule has 31 heavy (non-hydrogen) atoms. The summed E-state index contributed by atoms with van der Waals surface area (Å²) in [6.07, 6.45) is -3.45. The van der Waals surface area contributed by atoms with E-state index in [1.54, 1.807) is 13.1 Å². The van der Waals surface area contributed by atoms with E-state index in [2.05, 4.69) is 15.3 Å². The van der Waals surface area contributed by atoms with Crippen LogP contribution in [0.25, 0.3) is 22.3 Å². The van der Waals surface area contributed by atoms with Crippen LogP contribution in [0.3, 0.4) is 0 Å². The van der Waals surface area contributed by atoms with Gasteiger partial charge in [-0.1, -0.05) is 0 Å². The molecule has 0 unspecified atom stereocenters. The number of hydrogen-bond acceptors (Lipinski definition) is 7. The number of aromatic hydroxyl groups is 2. The monoisotopic (exact) mass is 441 g/mol. The van der Waals surface area contributed by atoms with Gasteiger partial charge in [0.25, 0.3) is 0 Å². The molecule has 2 N–H and O–H groups in total. The predicted molar refractivity (Wildman–Crippen MR) is 102 cm³/mol. The number of aromatic nitrogens is 4. The quantitative estimate of drug-likeness (QED) is 0.476. The predicted octanol–water partition coefficient (Wildman–Crippen LogP) is 3.21. The Labute approximate surface area is 173 Å². The second kappa shape index (κ2) is 7.52. The minimum absolute atomic E-state index is 0.0982. The van der Waals surface area contributed by atoms with E-state index in [0.717, 1.165) is 12.8 Å². The summed E-state index contributed by atoms with van der Waals surface area (Å²) in [6, 6.07) is 2.27. The fourth-order valence-corrected chi connectivity index (χ4v) is 3.67. The van der Waals surface area contributed by atoms with Gasteiger partial charge in [0.05, 0.1) is 16.6 Å². The molecule has 3 aromatic rings. The van der Waals surface area contributed by atoms with Gasteiger partial charge in [-0.05, 0) is 18.9 Å². The van der Waals surface area contributed by atoms with Gasteiger partial charge >= 0.3 is 6.18 Å². The highest BCUT2D eigenvalue weighted by Crippen LogP contribution is 2.45. The molecule has 0 radical (unpaired) electrons. The highest BCUT2D eigenvalue weighted by atomic mass is 19.4. The zero-order valence-electron chi connectivity index (χ0n) is 16.6. The first-order valence-electron chi connectivity index (χ1n) is 9.42. The fourth-order valence-electron chi connectivity index (χ4n) is 3.67. The number of benzene rings is 1. The van der Waals surface area contributed by atoms with Crippen LogP contribution in [0.1, 0.15) is 18.4 Å². The molecule has 0 bridgehead atoms. The zero-order chi connectivity index (χ0) is 22.5. The second-order valence-electron chi connectivity index (χ2n) is 7.34. The molecule has 1 saturated heterocycles. The molecule has 166 valence electrons. The fraction of sp³-hybridized carbons (Fsp3) is 0.421. The Hall–Kier alpha value is -3.15. The summed E-state index contributed by atoms with van der Waals surface area (Å²) >= 11 is 0. The first kappa shape index (κ1) is 21.1. The van der Waals surface area contributed by atoms with Crippen LogP contribution in [-0.2, 0) is 18.0 Å². The molecule has 1 fully saturated rings. The van der Waals surface area contributed by atoms with Crippen molar-refractivity contribution in [3.05, 3.63) is 23.5 Å². The third-order valence-corrected chi connectivity index (χ3v) is 5.46. The van der Waals surface area contributed by atoms with E-state index in [1.165, 1.54) is 4.68 Å². The number of phenols is 2. The highest BCUT2D eigenvalue weighted by Gasteiger charge is 2.38. The molecule has 0 atom stereocenters. The molecule has 8 nitrogen and oxygen atoms in total. The molecule has 0 saturated carbocycles. The summed E-state index contributed by atoms with van der Waals surface area (Å²) in [6.45, 7) is 1.27. The van der Waals surface area contributed by atoms with Gasteiger partial charge in [-0.3, -0.25) is 4.68 Å². The van der Waals surface area contributed by atoms with E-state index in [1.807, 2.05) is 11.9 Å². The standard InChI is InChI=1S/C19H19F4N5O3/c1-27(9-3-5-31-6-4-9)13-8-12-16(25-24-13)15(26-28(12)2)10-7-11(19(21,22)23)14(20)18(30)17(10)29/h7-9,29-30H,3-6H2,1-2H3. The zero-order valence-corrected chi connectivity index (χ0v) is 16.6. The number of halogens is 4. The SMILES string of the molecule is CN(c1cc2c(nn1)c(-c1cc(C(F)(F)F)c(F)c(O)c1O)nn2C)C1CCOCC1. The van der Waals surface area contributed by atoms with Crippen LogP contribution >= 0.6 is 0 Å². The molecule has 0 aliphatic carbocycles. The first-order chi connectivity index (χ1) is 14.6. The van der Waals surface area contributed by atoms with Crippen LogP contribution in [0.5, 0.6) is 11.5 Å². The molecule has 0 amide bonds. The molecule has 12 heteroatoms. The lowest BCUT2D eigenvalue weighted by Gasteiger charge is -2.31. The van der Waals surface area contributed by atoms with Gasteiger partial charge < -0.3 is 19.8 Å².